The van der Waals surface area contributed by atoms with E-state index in [1.165, 1.54) is 0 Å². The van der Waals surface area contributed by atoms with Crippen LogP contribution in [0.5, 0.6) is 0 Å². The number of hydrogen-bond acceptors (Lipinski definition) is 7. The zero-order chi connectivity index (χ0) is 14.4. The zero-order valence-electron chi connectivity index (χ0n) is 11.4. The Morgan fingerprint density at radius 3 is 2.68 bits per heavy atom. The molecule has 0 unspecified atom stereocenters. The van der Waals surface area contributed by atoms with Crippen LogP contribution >= 0.6 is 0 Å². The normalized spacial score (nSPS) is 10.3. The van der Waals surface area contributed by atoms with Crippen molar-refractivity contribution in [1.29, 1.82) is 0 Å². The van der Waals surface area contributed by atoms with E-state index in [1.807, 2.05) is 6.92 Å². The SMILES string of the molecule is CCCNc1nc(C)c([N+](=O)[O-])c(N(C)CCO)n1. The molecule has 106 valence electrons. The summed E-state index contributed by atoms with van der Waals surface area (Å²) in [6.45, 7) is 4.44. The lowest BCUT2D eigenvalue weighted by Crippen LogP contribution is -2.24. The van der Waals surface area contributed by atoms with Gasteiger partial charge in [-0.1, -0.05) is 6.92 Å². The van der Waals surface area contributed by atoms with Crippen molar-refractivity contribution in [1.82, 2.24) is 9.97 Å². The summed E-state index contributed by atoms with van der Waals surface area (Å²) in [5.74, 6) is 0.579. The first kappa shape index (κ1) is 15.1. The van der Waals surface area contributed by atoms with Crippen molar-refractivity contribution in [3.8, 4) is 0 Å². The van der Waals surface area contributed by atoms with E-state index in [0.717, 1.165) is 6.42 Å². The van der Waals surface area contributed by atoms with Crippen LogP contribution in [0.1, 0.15) is 19.0 Å². The molecule has 0 atom stereocenters. The van der Waals surface area contributed by atoms with Crippen LogP contribution in [-0.2, 0) is 0 Å². The lowest BCUT2D eigenvalue weighted by atomic mass is 10.3. The molecule has 1 aromatic heterocycles. The predicted molar refractivity (Wildman–Crippen MR) is 72.6 cm³/mol. The molecule has 0 radical (unpaired) electrons. The van der Waals surface area contributed by atoms with Crippen molar-refractivity contribution in [2.45, 2.75) is 20.3 Å². The van der Waals surface area contributed by atoms with Crippen molar-refractivity contribution in [3.63, 3.8) is 0 Å². The summed E-state index contributed by atoms with van der Waals surface area (Å²) in [6, 6.07) is 0. The highest BCUT2D eigenvalue weighted by molar-refractivity contribution is 5.62. The molecule has 0 bridgehead atoms. The predicted octanol–water partition coefficient (Wildman–Crippen LogP) is 0.944. The molecule has 0 amide bonds. The minimum atomic E-state index is -0.498. The molecular formula is C11H19N5O3. The van der Waals surface area contributed by atoms with Crippen LogP contribution < -0.4 is 10.2 Å². The molecule has 8 nitrogen and oxygen atoms in total. The summed E-state index contributed by atoms with van der Waals surface area (Å²) in [7, 11) is 1.65. The van der Waals surface area contributed by atoms with Gasteiger partial charge in [-0.2, -0.15) is 4.98 Å². The number of aromatic nitrogens is 2. The van der Waals surface area contributed by atoms with E-state index in [-0.39, 0.29) is 24.7 Å². The highest BCUT2D eigenvalue weighted by Crippen LogP contribution is 2.28. The number of nitro groups is 1. The lowest BCUT2D eigenvalue weighted by Gasteiger charge is -2.18. The number of aliphatic hydroxyl groups excluding tert-OH is 1. The number of rotatable bonds is 7. The van der Waals surface area contributed by atoms with Gasteiger partial charge >= 0.3 is 5.69 Å². The Bertz CT molecular complexity index is 452. The van der Waals surface area contributed by atoms with Crippen molar-refractivity contribution in [3.05, 3.63) is 15.8 Å². The Hall–Kier alpha value is -1.96. The molecule has 0 saturated heterocycles. The maximum atomic E-state index is 11.1. The van der Waals surface area contributed by atoms with Crippen molar-refractivity contribution < 1.29 is 10.0 Å². The van der Waals surface area contributed by atoms with Gasteiger partial charge in [-0.05, 0) is 13.3 Å². The van der Waals surface area contributed by atoms with Gasteiger partial charge in [0.15, 0.2) is 0 Å². The van der Waals surface area contributed by atoms with Crippen LogP contribution in [0.2, 0.25) is 0 Å². The van der Waals surface area contributed by atoms with E-state index in [4.69, 9.17) is 5.11 Å². The fourth-order valence-electron chi connectivity index (χ4n) is 1.60. The van der Waals surface area contributed by atoms with E-state index in [1.54, 1.807) is 18.9 Å². The van der Waals surface area contributed by atoms with Gasteiger partial charge in [0, 0.05) is 20.1 Å². The number of anilines is 2. The molecule has 0 fully saturated rings. The molecule has 0 saturated carbocycles. The summed E-state index contributed by atoms with van der Waals surface area (Å²) < 4.78 is 0. The van der Waals surface area contributed by atoms with Crippen LogP contribution in [0.3, 0.4) is 0 Å². The fourth-order valence-corrected chi connectivity index (χ4v) is 1.60. The molecule has 1 rings (SSSR count). The van der Waals surface area contributed by atoms with E-state index < -0.39 is 4.92 Å². The van der Waals surface area contributed by atoms with Crippen LogP contribution in [-0.4, -0.2) is 46.7 Å². The molecule has 8 heteroatoms. The first-order chi connectivity index (χ1) is 9.01. The number of nitrogens with zero attached hydrogens (tertiary/aromatic N) is 4. The minimum Gasteiger partial charge on any atom is -0.395 e. The van der Waals surface area contributed by atoms with Crippen molar-refractivity contribution in [2.24, 2.45) is 0 Å². The molecule has 1 aromatic rings. The highest BCUT2D eigenvalue weighted by atomic mass is 16.6. The van der Waals surface area contributed by atoms with Gasteiger partial charge < -0.3 is 15.3 Å². The van der Waals surface area contributed by atoms with Gasteiger partial charge in [-0.25, -0.2) is 4.98 Å². The van der Waals surface area contributed by atoms with Crippen LogP contribution in [0.15, 0.2) is 0 Å². The second kappa shape index (κ2) is 6.83. The fraction of sp³-hybridized carbons (Fsp3) is 0.636. The monoisotopic (exact) mass is 269 g/mol. The average Bonchev–Trinajstić information content (AvgIpc) is 2.35. The second-order valence-corrected chi connectivity index (χ2v) is 4.13. The molecule has 0 aliphatic rings. The van der Waals surface area contributed by atoms with Crippen LogP contribution in [0.25, 0.3) is 0 Å². The Morgan fingerprint density at radius 1 is 1.47 bits per heavy atom. The molecule has 0 aromatic carbocycles. The maximum absolute atomic E-state index is 11.1. The number of aliphatic hydroxyl groups is 1. The van der Waals surface area contributed by atoms with E-state index >= 15 is 0 Å². The number of likely N-dealkylation sites (N-methyl/N-ethyl adjacent to an activating group) is 1. The van der Waals surface area contributed by atoms with Crippen molar-refractivity contribution in [2.75, 3.05) is 37.0 Å². The highest BCUT2D eigenvalue weighted by Gasteiger charge is 2.24. The van der Waals surface area contributed by atoms with E-state index in [2.05, 4.69) is 15.3 Å². The Morgan fingerprint density at radius 2 is 2.16 bits per heavy atom. The topological polar surface area (TPSA) is 104 Å². The van der Waals surface area contributed by atoms with Crippen LogP contribution in [0, 0.1) is 17.0 Å². The Kier molecular flexibility index (Phi) is 5.43. The molecule has 0 aliphatic carbocycles. The number of aryl methyl sites for hydroxylation is 1. The Balaban J connectivity index is 3.20. The quantitative estimate of drug-likeness (QED) is 0.560. The molecular weight excluding hydrogens is 250 g/mol. The standard InChI is InChI=1S/C11H19N5O3/c1-4-5-12-11-13-8(2)9(16(18)19)10(14-11)15(3)6-7-17/h17H,4-7H2,1-3H3,(H,12,13,14). The summed E-state index contributed by atoms with van der Waals surface area (Å²) in [5.41, 5.74) is 0.177. The first-order valence-corrected chi connectivity index (χ1v) is 6.10. The second-order valence-electron chi connectivity index (χ2n) is 4.13. The summed E-state index contributed by atoms with van der Waals surface area (Å²) in [4.78, 5) is 20.4. The molecule has 2 N–H and O–H groups in total. The van der Waals surface area contributed by atoms with E-state index in [9.17, 15) is 10.1 Å². The van der Waals surface area contributed by atoms with Gasteiger partial charge in [0.05, 0.1) is 11.5 Å². The molecule has 0 spiro atoms. The molecule has 19 heavy (non-hydrogen) atoms. The van der Waals surface area contributed by atoms with Gasteiger partial charge in [0.25, 0.3) is 0 Å². The lowest BCUT2D eigenvalue weighted by molar-refractivity contribution is -0.385. The Labute approximate surface area is 111 Å². The summed E-state index contributed by atoms with van der Waals surface area (Å²) in [5, 5.41) is 23.0. The van der Waals surface area contributed by atoms with Crippen LogP contribution in [0.4, 0.5) is 17.5 Å². The first-order valence-electron chi connectivity index (χ1n) is 6.10. The summed E-state index contributed by atoms with van der Waals surface area (Å²) in [6.07, 6.45) is 0.904. The average molecular weight is 269 g/mol. The summed E-state index contributed by atoms with van der Waals surface area (Å²) >= 11 is 0. The maximum Gasteiger partial charge on any atom is 0.332 e. The molecule has 1 heterocycles. The van der Waals surface area contributed by atoms with Gasteiger partial charge in [0.1, 0.15) is 5.69 Å². The number of hydrogen-bond donors (Lipinski definition) is 2. The third-order valence-corrected chi connectivity index (χ3v) is 2.55. The third kappa shape index (κ3) is 3.75. The minimum absolute atomic E-state index is 0.103. The van der Waals surface area contributed by atoms with Gasteiger partial charge in [-0.3, -0.25) is 10.1 Å². The third-order valence-electron chi connectivity index (χ3n) is 2.55. The largest absolute Gasteiger partial charge is 0.395 e. The van der Waals surface area contributed by atoms with Gasteiger partial charge in [0.2, 0.25) is 11.8 Å². The number of nitrogens with one attached hydrogen (secondary N) is 1. The van der Waals surface area contributed by atoms with Gasteiger partial charge in [-0.15, -0.1) is 0 Å². The van der Waals surface area contributed by atoms with E-state index in [0.29, 0.717) is 18.2 Å². The zero-order valence-corrected chi connectivity index (χ0v) is 11.4. The molecule has 0 aliphatic heterocycles. The van der Waals surface area contributed by atoms with Crippen molar-refractivity contribution >= 4 is 17.5 Å². The smallest absolute Gasteiger partial charge is 0.332 e.